The van der Waals surface area contributed by atoms with Gasteiger partial charge in [-0.05, 0) is 39.7 Å². The van der Waals surface area contributed by atoms with Crippen molar-refractivity contribution in [1.29, 1.82) is 0 Å². The third-order valence-electron chi connectivity index (χ3n) is 4.32. The molecule has 1 N–H and O–H groups in total. The van der Waals surface area contributed by atoms with Crippen LogP contribution in [-0.4, -0.2) is 74.9 Å². The van der Waals surface area contributed by atoms with E-state index in [1.54, 1.807) is 0 Å². The molecule has 1 aliphatic heterocycles. The summed E-state index contributed by atoms with van der Waals surface area (Å²) in [5.41, 5.74) is 0. The molecule has 1 aliphatic rings. The Balaban J connectivity index is 1.91. The van der Waals surface area contributed by atoms with Gasteiger partial charge in [0.25, 0.3) is 0 Å². The molecule has 4 nitrogen and oxygen atoms in total. The molecule has 0 aromatic heterocycles. The molecule has 1 fully saturated rings. The van der Waals surface area contributed by atoms with Gasteiger partial charge in [-0.15, -0.1) is 0 Å². The maximum atomic E-state index is 5.33. The van der Waals surface area contributed by atoms with Crippen molar-refractivity contribution in [2.45, 2.75) is 46.1 Å². The second-order valence-electron chi connectivity index (χ2n) is 5.79. The first-order valence-corrected chi connectivity index (χ1v) is 8.52. The first kappa shape index (κ1) is 17.9. The van der Waals surface area contributed by atoms with E-state index in [9.17, 15) is 0 Å². The number of rotatable bonds is 11. The zero-order valence-electron chi connectivity index (χ0n) is 13.9. The summed E-state index contributed by atoms with van der Waals surface area (Å²) in [4.78, 5) is 5.21. The normalized spacial score (nSPS) is 19.4. The van der Waals surface area contributed by atoms with Crippen molar-refractivity contribution < 1.29 is 4.74 Å². The largest absolute Gasteiger partial charge is 0.382 e. The second kappa shape index (κ2) is 11.5. The molecule has 0 aliphatic carbocycles. The van der Waals surface area contributed by atoms with Gasteiger partial charge in [0.1, 0.15) is 0 Å². The summed E-state index contributed by atoms with van der Waals surface area (Å²) in [6, 6.07) is 0.751. The molecule has 0 aromatic rings. The Hall–Kier alpha value is -0.160. The minimum Gasteiger partial charge on any atom is -0.382 e. The molecular formula is C16H35N3O. The molecule has 0 saturated carbocycles. The molecule has 1 rings (SSSR count). The Bertz CT molecular complexity index is 218. The standard InChI is InChI=1S/C16H35N3O/c1-4-16(3)19-13-11-18(12-14-19)10-9-17-8-6-7-15-20-5-2/h16-17H,4-15H2,1-3H3. The van der Waals surface area contributed by atoms with Crippen molar-refractivity contribution in [3.8, 4) is 0 Å². The summed E-state index contributed by atoms with van der Waals surface area (Å²) in [6.07, 6.45) is 3.67. The highest BCUT2D eigenvalue weighted by Crippen LogP contribution is 2.08. The number of nitrogens with zero attached hydrogens (tertiary/aromatic N) is 2. The van der Waals surface area contributed by atoms with Crippen LogP contribution < -0.4 is 5.32 Å². The maximum Gasteiger partial charge on any atom is 0.0466 e. The van der Waals surface area contributed by atoms with Crippen molar-refractivity contribution >= 4 is 0 Å². The smallest absolute Gasteiger partial charge is 0.0466 e. The van der Waals surface area contributed by atoms with Crippen LogP contribution in [0.3, 0.4) is 0 Å². The second-order valence-corrected chi connectivity index (χ2v) is 5.79. The van der Waals surface area contributed by atoms with E-state index in [2.05, 4.69) is 35.9 Å². The molecule has 20 heavy (non-hydrogen) atoms. The summed E-state index contributed by atoms with van der Waals surface area (Å²) in [6.45, 7) is 16.8. The first-order chi connectivity index (χ1) is 9.77. The molecule has 1 atom stereocenters. The van der Waals surface area contributed by atoms with Gasteiger partial charge >= 0.3 is 0 Å². The summed E-state index contributed by atoms with van der Waals surface area (Å²) < 4.78 is 5.33. The van der Waals surface area contributed by atoms with Crippen LogP contribution in [-0.2, 0) is 4.74 Å². The molecule has 4 heteroatoms. The summed E-state index contributed by atoms with van der Waals surface area (Å²) in [5.74, 6) is 0. The third kappa shape index (κ3) is 7.58. The van der Waals surface area contributed by atoms with E-state index >= 15 is 0 Å². The van der Waals surface area contributed by atoms with Gasteiger partial charge in [0.15, 0.2) is 0 Å². The van der Waals surface area contributed by atoms with Crippen LogP contribution in [0.1, 0.15) is 40.0 Å². The fourth-order valence-corrected chi connectivity index (χ4v) is 2.65. The monoisotopic (exact) mass is 285 g/mol. The first-order valence-electron chi connectivity index (χ1n) is 8.52. The molecular weight excluding hydrogens is 250 g/mol. The van der Waals surface area contributed by atoms with Crippen LogP contribution in [0.4, 0.5) is 0 Å². The van der Waals surface area contributed by atoms with E-state index < -0.39 is 0 Å². The summed E-state index contributed by atoms with van der Waals surface area (Å²) in [7, 11) is 0. The van der Waals surface area contributed by atoms with Crippen LogP contribution >= 0.6 is 0 Å². The molecule has 1 saturated heterocycles. The molecule has 0 aromatic carbocycles. The van der Waals surface area contributed by atoms with Crippen LogP contribution in [0.2, 0.25) is 0 Å². The van der Waals surface area contributed by atoms with Gasteiger partial charge in [-0.25, -0.2) is 0 Å². The van der Waals surface area contributed by atoms with Gasteiger partial charge < -0.3 is 10.1 Å². The number of hydrogen-bond acceptors (Lipinski definition) is 4. The Morgan fingerprint density at radius 1 is 1.05 bits per heavy atom. The van der Waals surface area contributed by atoms with Gasteiger partial charge in [-0.1, -0.05) is 6.92 Å². The summed E-state index contributed by atoms with van der Waals surface area (Å²) in [5, 5.41) is 3.54. The van der Waals surface area contributed by atoms with Crippen LogP contribution in [0.15, 0.2) is 0 Å². The fourth-order valence-electron chi connectivity index (χ4n) is 2.65. The van der Waals surface area contributed by atoms with E-state index in [1.165, 1.54) is 52.0 Å². The Labute approximate surface area is 125 Å². The van der Waals surface area contributed by atoms with Gasteiger partial charge in [0, 0.05) is 58.5 Å². The predicted octanol–water partition coefficient (Wildman–Crippen LogP) is 1.81. The van der Waals surface area contributed by atoms with E-state index in [-0.39, 0.29) is 0 Å². The minimum atomic E-state index is 0.751. The minimum absolute atomic E-state index is 0.751. The Kier molecular flexibility index (Phi) is 10.3. The van der Waals surface area contributed by atoms with Gasteiger partial charge in [0.05, 0.1) is 0 Å². The lowest BCUT2D eigenvalue weighted by Crippen LogP contribution is -2.50. The quantitative estimate of drug-likeness (QED) is 0.586. The van der Waals surface area contributed by atoms with E-state index in [4.69, 9.17) is 4.74 Å². The van der Waals surface area contributed by atoms with Crippen LogP contribution in [0, 0.1) is 0 Å². The van der Waals surface area contributed by atoms with Crippen LogP contribution in [0.25, 0.3) is 0 Å². The number of unbranched alkanes of at least 4 members (excludes halogenated alkanes) is 1. The van der Waals surface area contributed by atoms with Crippen molar-refractivity contribution in [2.75, 3.05) is 59.0 Å². The number of piperazine rings is 1. The summed E-state index contributed by atoms with van der Waals surface area (Å²) >= 11 is 0. The Morgan fingerprint density at radius 2 is 1.80 bits per heavy atom. The zero-order chi connectivity index (χ0) is 14.6. The van der Waals surface area contributed by atoms with Gasteiger partial charge in [-0.2, -0.15) is 0 Å². The topological polar surface area (TPSA) is 27.7 Å². The molecule has 0 amide bonds. The van der Waals surface area contributed by atoms with Crippen LogP contribution in [0.5, 0.6) is 0 Å². The molecule has 1 unspecified atom stereocenters. The highest BCUT2D eigenvalue weighted by molar-refractivity contribution is 4.75. The average molecular weight is 285 g/mol. The lowest BCUT2D eigenvalue weighted by atomic mass is 10.2. The lowest BCUT2D eigenvalue weighted by molar-refractivity contribution is 0.101. The van der Waals surface area contributed by atoms with Crippen molar-refractivity contribution in [1.82, 2.24) is 15.1 Å². The number of ether oxygens (including phenoxy) is 1. The van der Waals surface area contributed by atoms with E-state index in [0.29, 0.717) is 0 Å². The number of nitrogens with one attached hydrogen (secondary N) is 1. The van der Waals surface area contributed by atoms with Crippen molar-refractivity contribution in [3.63, 3.8) is 0 Å². The molecule has 0 bridgehead atoms. The zero-order valence-corrected chi connectivity index (χ0v) is 13.9. The molecule has 0 radical (unpaired) electrons. The van der Waals surface area contributed by atoms with Crippen molar-refractivity contribution in [2.24, 2.45) is 0 Å². The van der Waals surface area contributed by atoms with Gasteiger partial charge in [-0.3, -0.25) is 9.80 Å². The number of hydrogen-bond donors (Lipinski definition) is 1. The Morgan fingerprint density at radius 3 is 2.45 bits per heavy atom. The molecule has 1 heterocycles. The SMILES string of the molecule is CCOCCCCNCCN1CCN(C(C)CC)CC1. The molecule has 120 valence electrons. The average Bonchev–Trinajstić information content (AvgIpc) is 2.50. The van der Waals surface area contributed by atoms with E-state index in [0.717, 1.165) is 32.3 Å². The highest BCUT2D eigenvalue weighted by atomic mass is 16.5. The van der Waals surface area contributed by atoms with Crippen molar-refractivity contribution in [3.05, 3.63) is 0 Å². The maximum absolute atomic E-state index is 5.33. The molecule has 0 spiro atoms. The fraction of sp³-hybridized carbons (Fsp3) is 1.00. The van der Waals surface area contributed by atoms with Gasteiger partial charge in [0.2, 0.25) is 0 Å². The van der Waals surface area contributed by atoms with E-state index in [1.807, 2.05) is 0 Å². The predicted molar refractivity (Wildman–Crippen MR) is 86.4 cm³/mol. The highest BCUT2D eigenvalue weighted by Gasteiger charge is 2.19. The lowest BCUT2D eigenvalue weighted by Gasteiger charge is -2.37. The third-order valence-corrected chi connectivity index (χ3v) is 4.32.